The predicted molar refractivity (Wildman–Crippen MR) is 82.9 cm³/mol. The maximum Gasteiger partial charge on any atom is 0.134 e. The zero-order chi connectivity index (χ0) is 14.8. The second kappa shape index (κ2) is 5.70. The van der Waals surface area contributed by atoms with Crippen LogP contribution in [0.2, 0.25) is 0 Å². The smallest absolute Gasteiger partial charge is 0.134 e. The molecule has 0 amide bonds. The molecule has 21 heavy (non-hydrogen) atoms. The van der Waals surface area contributed by atoms with Crippen molar-refractivity contribution < 1.29 is 8.81 Å². The quantitative estimate of drug-likeness (QED) is 0.758. The van der Waals surface area contributed by atoms with E-state index in [1.165, 1.54) is 23.3 Å². The molecule has 3 rings (SSSR count). The Bertz CT molecular complexity index is 763. The molecule has 3 heteroatoms. The molecule has 0 aliphatic carbocycles. The van der Waals surface area contributed by atoms with Crippen LogP contribution in [0.3, 0.4) is 0 Å². The van der Waals surface area contributed by atoms with Crippen LogP contribution in [0.15, 0.2) is 52.9 Å². The van der Waals surface area contributed by atoms with Crippen molar-refractivity contribution in [1.29, 1.82) is 0 Å². The molecule has 0 saturated carbocycles. The lowest BCUT2D eigenvalue weighted by Gasteiger charge is -2.18. The number of hydrogen-bond donors (Lipinski definition) is 1. The number of furan rings is 1. The van der Waals surface area contributed by atoms with Crippen molar-refractivity contribution in [2.75, 3.05) is 6.54 Å². The summed E-state index contributed by atoms with van der Waals surface area (Å²) >= 11 is 0. The van der Waals surface area contributed by atoms with E-state index < -0.39 is 0 Å². The van der Waals surface area contributed by atoms with Gasteiger partial charge in [-0.2, -0.15) is 0 Å². The van der Waals surface area contributed by atoms with Crippen molar-refractivity contribution >= 4 is 11.0 Å². The minimum atomic E-state index is -0.245. The Kier molecular flexibility index (Phi) is 3.76. The van der Waals surface area contributed by atoms with Crippen molar-refractivity contribution in [2.24, 2.45) is 0 Å². The molecule has 3 aromatic rings. The van der Waals surface area contributed by atoms with E-state index in [4.69, 9.17) is 4.42 Å². The molecule has 1 N–H and O–H groups in total. The van der Waals surface area contributed by atoms with Gasteiger partial charge in [-0.05, 0) is 48.9 Å². The van der Waals surface area contributed by atoms with Crippen molar-refractivity contribution in [3.63, 3.8) is 0 Å². The highest BCUT2D eigenvalue weighted by molar-refractivity contribution is 5.78. The van der Waals surface area contributed by atoms with Gasteiger partial charge in [-0.15, -0.1) is 0 Å². The average Bonchev–Trinajstić information content (AvgIpc) is 2.88. The summed E-state index contributed by atoms with van der Waals surface area (Å²) < 4.78 is 19.2. The lowest BCUT2D eigenvalue weighted by atomic mass is 9.99. The standard InChI is InChI=1S/C18H18FNO/c1-3-20-18(15-7-5-4-6-12(15)2)17-11-13-10-14(19)8-9-16(13)21-17/h4-11,18,20H,3H2,1-2H3. The second-order valence-corrected chi connectivity index (χ2v) is 5.18. The van der Waals surface area contributed by atoms with Gasteiger partial charge in [0.05, 0.1) is 6.04 Å². The zero-order valence-electron chi connectivity index (χ0n) is 12.2. The molecule has 1 unspecified atom stereocenters. The van der Waals surface area contributed by atoms with Crippen LogP contribution in [0, 0.1) is 12.7 Å². The number of hydrogen-bond acceptors (Lipinski definition) is 2. The molecule has 108 valence electrons. The van der Waals surface area contributed by atoms with Crippen molar-refractivity contribution in [3.8, 4) is 0 Å². The molecule has 0 radical (unpaired) electrons. The van der Waals surface area contributed by atoms with Gasteiger partial charge in [0.1, 0.15) is 17.2 Å². The molecule has 2 nitrogen and oxygen atoms in total. The van der Waals surface area contributed by atoms with Gasteiger partial charge in [0, 0.05) is 5.39 Å². The summed E-state index contributed by atoms with van der Waals surface area (Å²) in [6, 6.07) is 14.7. The first-order valence-corrected chi connectivity index (χ1v) is 7.17. The summed E-state index contributed by atoms with van der Waals surface area (Å²) in [4.78, 5) is 0. The lowest BCUT2D eigenvalue weighted by Crippen LogP contribution is -2.22. The third kappa shape index (κ3) is 2.69. The Morgan fingerprint density at radius 2 is 1.95 bits per heavy atom. The highest BCUT2D eigenvalue weighted by Gasteiger charge is 2.19. The number of halogens is 1. The minimum absolute atomic E-state index is 0.0216. The van der Waals surface area contributed by atoms with Gasteiger partial charge in [0.15, 0.2) is 0 Å². The second-order valence-electron chi connectivity index (χ2n) is 5.18. The highest BCUT2D eigenvalue weighted by atomic mass is 19.1. The summed E-state index contributed by atoms with van der Waals surface area (Å²) in [6.45, 7) is 4.97. The fourth-order valence-electron chi connectivity index (χ4n) is 2.66. The van der Waals surface area contributed by atoms with E-state index in [2.05, 4.69) is 31.3 Å². The number of rotatable bonds is 4. The first-order valence-electron chi connectivity index (χ1n) is 7.17. The molecule has 0 aliphatic heterocycles. The Balaban J connectivity index is 2.09. The fraction of sp³-hybridized carbons (Fsp3) is 0.222. The molecule has 1 heterocycles. The molecular weight excluding hydrogens is 265 g/mol. The monoisotopic (exact) mass is 283 g/mol. The largest absolute Gasteiger partial charge is 0.459 e. The maximum absolute atomic E-state index is 13.3. The number of aryl methyl sites for hydroxylation is 1. The molecule has 0 bridgehead atoms. The van der Waals surface area contributed by atoms with Crippen LogP contribution < -0.4 is 5.32 Å². The molecule has 0 fully saturated rings. The van der Waals surface area contributed by atoms with Crippen LogP contribution in [0.5, 0.6) is 0 Å². The fourth-order valence-corrected chi connectivity index (χ4v) is 2.66. The minimum Gasteiger partial charge on any atom is -0.459 e. The highest BCUT2D eigenvalue weighted by Crippen LogP contribution is 2.30. The average molecular weight is 283 g/mol. The van der Waals surface area contributed by atoms with Gasteiger partial charge in [0.2, 0.25) is 0 Å². The van der Waals surface area contributed by atoms with Gasteiger partial charge in [-0.25, -0.2) is 4.39 Å². The number of benzene rings is 2. The van der Waals surface area contributed by atoms with Crippen LogP contribution in [-0.4, -0.2) is 6.54 Å². The normalized spacial score (nSPS) is 12.7. The molecule has 1 aromatic heterocycles. The van der Waals surface area contributed by atoms with Crippen LogP contribution in [0.25, 0.3) is 11.0 Å². The molecule has 1 atom stereocenters. The van der Waals surface area contributed by atoms with Gasteiger partial charge in [-0.3, -0.25) is 0 Å². The molecule has 0 spiro atoms. The van der Waals surface area contributed by atoms with Crippen LogP contribution in [0.1, 0.15) is 29.9 Å². The predicted octanol–water partition coefficient (Wildman–Crippen LogP) is 4.58. The summed E-state index contributed by atoms with van der Waals surface area (Å²) in [5, 5.41) is 4.24. The first-order chi connectivity index (χ1) is 10.2. The van der Waals surface area contributed by atoms with Crippen LogP contribution in [-0.2, 0) is 0 Å². The van der Waals surface area contributed by atoms with E-state index >= 15 is 0 Å². The van der Waals surface area contributed by atoms with E-state index in [9.17, 15) is 4.39 Å². The zero-order valence-corrected chi connectivity index (χ0v) is 12.2. The molecule has 0 saturated heterocycles. The van der Waals surface area contributed by atoms with Gasteiger partial charge in [0.25, 0.3) is 0 Å². The maximum atomic E-state index is 13.3. The summed E-state index contributed by atoms with van der Waals surface area (Å²) in [7, 11) is 0. The van der Waals surface area contributed by atoms with E-state index in [-0.39, 0.29) is 11.9 Å². The molecular formula is C18H18FNO. The van der Waals surface area contributed by atoms with Crippen LogP contribution >= 0.6 is 0 Å². The van der Waals surface area contributed by atoms with E-state index in [0.29, 0.717) is 5.58 Å². The SMILES string of the molecule is CCNC(c1cc2cc(F)ccc2o1)c1ccccc1C. The van der Waals surface area contributed by atoms with E-state index in [1.807, 2.05) is 18.2 Å². The molecule has 2 aromatic carbocycles. The third-order valence-corrected chi connectivity index (χ3v) is 3.69. The first kappa shape index (κ1) is 13.8. The summed E-state index contributed by atoms with van der Waals surface area (Å²) in [5.74, 6) is 0.567. The topological polar surface area (TPSA) is 25.2 Å². The Morgan fingerprint density at radius 3 is 2.71 bits per heavy atom. The summed E-state index contributed by atoms with van der Waals surface area (Å²) in [5.41, 5.74) is 3.09. The van der Waals surface area contributed by atoms with E-state index in [1.54, 1.807) is 6.07 Å². The lowest BCUT2D eigenvalue weighted by molar-refractivity contribution is 0.476. The number of fused-ring (bicyclic) bond motifs is 1. The number of nitrogens with one attached hydrogen (secondary N) is 1. The van der Waals surface area contributed by atoms with Crippen LogP contribution in [0.4, 0.5) is 4.39 Å². The summed E-state index contributed by atoms with van der Waals surface area (Å²) in [6.07, 6.45) is 0. The van der Waals surface area contributed by atoms with Gasteiger partial charge in [-0.1, -0.05) is 31.2 Å². The van der Waals surface area contributed by atoms with Crippen molar-refractivity contribution in [1.82, 2.24) is 5.32 Å². The molecule has 0 aliphatic rings. The van der Waals surface area contributed by atoms with E-state index in [0.717, 1.165) is 17.7 Å². The van der Waals surface area contributed by atoms with Crippen molar-refractivity contribution in [3.05, 3.63) is 71.2 Å². The third-order valence-electron chi connectivity index (χ3n) is 3.69. The Labute approximate surface area is 123 Å². The van der Waals surface area contributed by atoms with Crippen molar-refractivity contribution in [2.45, 2.75) is 19.9 Å². The van der Waals surface area contributed by atoms with Gasteiger partial charge < -0.3 is 9.73 Å². The Morgan fingerprint density at radius 1 is 1.14 bits per heavy atom. The van der Waals surface area contributed by atoms with Gasteiger partial charge >= 0.3 is 0 Å². The Hall–Kier alpha value is -2.13.